The van der Waals surface area contributed by atoms with E-state index in [-0.39, 0.29) is 6.10 Å². The highest BCUT2D eigenvalue weighted by atomic mass is 16.5. The van der Waals surface area contributed by atoms with Crippen molar-refractivity contribution in [1.82, 2.24) is 0 Å². The average Bonchev–Trinajstić information content (AvgIpc) is 2.45. The zero-order chi connectivity index (χ0) is 15.2. The molecule has 0 saturated heterocycles. The van der Waals surface area contributed by atoms with Gasteiger partial charge in [0.05, 0.1) is 29.8 Å². The Morgan fingerprint density at radius 2 is 1.67 bits per heavy atom. The Kier molecular flexibility index (Phi) is 4.93. The Balaban J connectivity index is 2.28. The zero-order valence-electron chi connectivity index (χ0n) is 12.7. The number of para-hydroxylation sites is 3. The van der Waals surface area contributed by atoms with Crippen molar-refractivity contribution >= 4 is 17.1 Å². The molecule has 0 radical (unpaired) electrons. The van der Waals surface area contributed by atoms with E-state index in [1.165, 1.54) is 0 Å². The van der Waals surface area contributed by atoms with E-state index in [1.54, 1.807) is 0 Å². The van der Waals surface area contributed by atoms with Gasteiger partial charge in [0.2, 0.25) is 0 Å². The molecule has 0 atom stereocenters. The molecule has 0 fully saturated rings. The fourth-order valence-corrected chi connectivity index (χ4v) is 2.01. The Bertz CT molecular complexity index is 597. The summed E-state index contributed by atoms with van der Waals surface area (Å²) >= 11 is 0. The highest BCUT2D eigenvalue weighted by Crippen LogP contribution is 2.34. The third-order valence-corrected chi connectivity index (χ3v) is 2.89. The molecule has 0 aliphatic rings. The largest absolute Gasteiger partial charge is 0.492 e. The lowest BCUT2D eigenvalue weighted by atomic mass is 10.2. The summed E-state index contributed by atoms with van der Waals surface area (Å²) in [6.45, 7) is 6.53. The normalized spacial score (nSPS) is 10.5. The van der Waals surface area contributed by atoms with Crippen LogP contribution in [0.1, 0.15) is 20.8 Å². The van der Waals surface area contributed by atoms with Crippen LogP contribution in [0.4, 0.5) is 17.1 Å². The summed E-state index contributed by atoms with van der Waals surface area (Å²) in [5.41, 5.74) is 8.46. The number of nitrogens with two attached hydrogens (primary N) is 1. The summed E-state index contributed by atoms with van der Waals surface area (Å²) in [6.07, 6.45) is 0.0817. The van der Waals surface area contributed by atoms with Gasteiger partial charge in [0.1, 0.15) is 11.5 Å². The molecule has 0 aliphatic carbocycles. The molecular formula is C17H22N2O2. The van der Waals surface area contributed by atoms with Crippen LogP contribution in [0.2, 0.25) is 0 Å². The van der Waals surface area contributed by atoms with E-state index in [4.69, 9.17) is 15.2 Å². The quantitative estimate of drug-likeness (QED) is 0.781. The first-order chi connectivity index (χ1) is 10.1. The third kappa shape index (κ3) is 3.81. The van der Waals surface area contributed by atoms with E-state index in [0.717, 1.165) is 17.1 Å². The first kappa shape index (κ1) is 15.0. The van der Waals surface area contributed by atoms with Crippen molar-refractivity contribution in [2.45, 2.75) is 26.9 Å². The van der Waals surface area contributed by atoms with Gasteiger partial charge in [0.25, 0.3) is 0 Å². The van der Waals surface area contributed by atoms with Crippen LogP contribution >= 0.6 is 0 Å². The van der Waals surface area contributed by atoms with E-state index in [1.807, 2.05) is 63.2 Å². The van der Waals surface area contributed by atoms with Gasteiger partial charge in [0, 0.05) is 0 Å². The van der Waals surface area contributed by atoms with Gasteiger partial charge < -0.3 is 20.5 Å². The average molecular weight is 286 g/mol. The highest BCUT2D eigenvalue weighted by molar-refractivity contribution is 5.79. The van der Waals surface area contributed by atoms with Gasteiger partial charge in [-0.3, -0.25) is 0 Å². The van der Waals surface area contributed by atoms with Crippen molar-refractivity contribution in [2.75, 3.05) is 17.7 Å². The van der Waals surface area contributed by atoms with Crippen molar-refractivity contribution in [2.24, 2.45) is 0 Å². The third-order valence-electron chi connectivity index (χ3n) is 2.89. The minimum atomic E-state index is 0.0817. The molecular weight excluding hydrogens is 264 g/mol. The van der Waals surface area contributed by atoms with Gasteiger partial charge in [0.15, 0.2) is 0 Å². The molecule has 2 rings (SSSR count). The maximum absolute atomic E-state index is 6.18. The van der Waals surface area contributed by atoms with E-state index in [9.17, 15) is 0 Å². The standard InChI is InChI=1S/C17H22N2O2/c1-4-20-15-10-6-5-8-13(15)19-14-9-7-11-16(17(14)18)21-12(2)3/h5-12,19H,4,18H2,1-3H3. The molecule has 0 amide bonds. The van der Waals surface area contributed by atoms with Crippen LogP contribution in [-0.4, -0.2) is 12.7 Å². The molecule has 2 aromatic carbocycles. The molecule has 0 unspecified atom stereocenters. The predicted molar refractivity (Wildman–Crippen MR) is 87.5 cm³/mol. The van der Waals surface area contributed by atoms with Crippen LogP contribution in [-0.2, 0) is 0 Å². The Morgan fingerprint density at radius 1 is 1.00 bits per heavy atom. The summed E-state index contributed by atoms with van der Waals surface area (Å²) < 4.78 is 11.3. The van der Waals surface area contributed by atoms with Gasteiger partial charge in [-0.1, -0.05) is 18.2 Å². The smallest absolute Gasteiger partial charge is 0.144 e. The van der Waals surface area contributed by atoms with Crippen molar-refractivity contribution in [3.05, 3.63) is 42.5 Å². The van der Waals surface area contributed by atoms with Crippen LogP contribution in [0.5, 0.6) is 11.5 Å². The van der Waals surface area contributed by atoms with E-state index < -0.39 is 0 Å². The monoisotopic (exact) mass is 286 g/mol. The Hall–Kier alpha value is -2.36. The van der Waals surface area contributed by atoms with Gasteiger partial charge >= 0.3 is 0 Å². The number of rotatable bonds is 6. The number of hydrogen-bond acceptors (Lipinski definition) is 4. The molecule has 4 heteroatoms. The van der Waals surface area contributed by atoms with Gasteiger partial charge in [-0.15, -0.1) is 0 Å². The van der Waals surface area contributed by atoms with E-state index >= 15 is 0 Å². The second kappa shape index (κ2) is 6.88. The number of ether oxygens (including phenoxy) is 2. The molecule has 3 N–H and O–H groups in total. The number of nitrogen functional groups attached to an aromatic ring is 1. The second-order valence-electron chi connectivity index (χ2n) is 4.94. The fourth-order valence-electron chi connectivity index (χ4n) is 2.01. The molecule has 21 heavy (non-hydrogen) atoms. The van der Waals surface area contributed by atoms with Gasteiger partial charge in [-0.25, -0.2) is 0 Å². The van der Waals surface area contributed by atoms with E-state index in [2.05, 4.69) is 5.32 Å². The minimum Gasteiger partial charge on any atom is -0.492 e. The molecule has 0 spiro atoms. The second-order valence-corrected chi connectivity index (χ2v) is 4.94. The number of nitrogens with one attached hydrogen (secondary N) is 1. The maximum atomic E-state index is 6.18. The van der Waals surface area contributed by atoms with Gasteiger partial charge in [-0.05, 0) is 45.0 Å². The lowest BCUT2D eigenvalue weighted by Crippen LogP contribution is -2.08. The number of benzene rings is 2. The molecule has 0 heterocycles. The summed E-state index contributed by atoms with van der Waals surface area (Å²) in [4.78, 5) is 0. The first-order valence-corrected chi connectivity index (χ1v) is 7.15. The van der Waals surface area contributed by atoms with Crippen LogP contribution in [0.25, 0.3) is 0 Å². The van der Waals surface area contributed by atoms with Crippen molar-refractivity contribution in [1.29, 1.82) is 0 Å². The zero-order valence-corrected chi connectivity index (χ0v) is 12.7. The molecule has 0 saturated carbocycles. The Labute approximate surface area is 125 Å². The van der Waals surface area contributed by atoms with Crippen molar-refractivity contribution in [3.8, 4) is 11.5 Å². The number of hydrogen-bond donors (Lipinski definition) is 2. The first-order valence-electron chi connectivity index (χ1n) is 7.15. The summed E-state index contributed by atoms with van der Waals surface area (Å²) in [6, 6.07) is 13.5. The summed E-state index contributed by atoms with van der Waals surface area (Å²) in [5.74, 6) is 1.48. The molecule has 0 bridgehead atoms. The molecule has 2 aromatic rings. The van der Waals surface area contributed by atoms with Crippen LogP contribution in [0, 0.1) is 0 Å². The van der Waals surface area contributed by atoms with E-state index in [0.29, 0.717) is 18.0 Å². The molecule has 112 valence electrons. The van der Waals surface area contributed by atoms with Crippen LogP contribution < -0.4 is 20.5 Å². The molecule has 0 aromatic heterocycles. The fraction of sp³-hybridized carbons (Fsp3) is 0.294. The topological polar surface area (TPSA) is 56.5 Å². The number of anilines is 3. The highest BCUT2D eigenvalue weighted by Gasteiger charge is 2.09. The van der Waals surface area contributed by atoms with Crippen LogP contribution in [0.15, 0.2) is 42.5 Å². The SMILES string of the molecule is CCOc1ccccc1Nc1cccc(OC(C)C)c1N. The van der Waals surface area contributed by atoms with Crippen molar-refractivity contribution < 1.29 is 9.47 Å². The van der Waals surface area contributed by atoms with Crippen molar-refractivity contribution in [3.63, 3.8) is 0 Å². The minimum absolute atomic E-state index is 0.0817. The summed E-state index contributed by atoms with van der Waals surface area (Å²) in [5, 5.41) is 3.31. The Morgan fingerprint density at radius 3 is 2.38 bits per heavy atom. The predicted octanol–water partition coefficient (Wildman–Crippen LogP) is 4.20. The lowest BCUT2D eigenvalue weighted by molar-refractivity contribution is 0.244. The molecule has 0 aliphatic heterocycles. The molecule has 4 nitrogen and oxygen atoms in total. The van der Waals surface area contributed by atoms with Crippen LogP contribution in [0.3, 0.4) is 0 Å². The lowest BCUT2D eigenvalue weighted by Gasteiger charge is -2.17. The maximum Gasteiger partial charge on any atom is 0.144 e. The summed E-state index contributed by atoms with van der Waals surface area (Å²) in [7, 11) is 0. The van der Waals surface area contributed by atoms with Gasteiger partial charge in [-0.2, -0.15) is 0 Å².